The van der Waals surface area contributed by atoms with E-state index in [1.54, 1.807) is 6.20 Å². The summed E-state index contributed by atoms with van der Waals surface area (Å²) in [6, 6.07) is 4.33. The van der Waals surface area contributed by atoms with E-state index in [0.29, 0.717) is 5.02 Å². The summed E-state index contributed by atoms with van der Waals surface area (Å²) in [6.07, 6.45) is 7.71. The standard InChI is InChI=1S/C23H27Cl2N4/c1-22(2,3)21-8-15-17(25)11-29(12-19(15)28(21)6)13-23(4,5)20-7-14-16(24)9-26-10-18(14)27-20/h7-12,27H,13H2,1-6H3/q+1. The van der Waals surface area contributed by atoms with Gasteiger partial charge in [-0.05, 0) is 26.0 Å². The van der Waals surface area contributed by atoms with E-state index >= 15 is 0 Å². The number of H-pyrrole nitrogens is 1. The molecule has 0 bridgehead atoms. The van der Waals surface area contributed by atoms with Crippen molar-refractivity contribution in [1.29, 1.82) is 0 Å². The van der Waals surface area contributed by atoms with Gasteiger partial charge in [0.2, 0.25) is 0 Å². The maximum absolute atomic E-state index is 6.69. The number of pyridine rings is 2. The van der Waals surface area contributed by atoms with E-state index in [9.17, 15) is 0 Å². The van der Waals surface area contributed by atoms with Crippen molar-refractivity contribution < 1.29 is 4.57 Å². The van der Waals surface area contributed by atoms with Gasteiger partial charge in [0.15, 0.2) is 18.9 Å². The molecule has 0 aromatic carbocycles. The number of aromatic nitrogens is 4. The van der Waals surface area contributed by atoms with Gasteiger partial charge >= 0.3 is 0 Å². The molecule has 1 N–H and O–H groups in total. The largest absolute Gasteiger partial charge is 0.356 e. The number of nitrogens with zero attached hydrogens (tertiary/aromatic N) is 3. The first-order valence-electron chi connectivity index (χ1n) is 9.78. The SMILES string of the molecule is Cn1c(C(C)(C)C)cc2c(Cl)c[n+](CC(C)(C)c3cc4c(Cl)cncc4[nH]3)cc21. The Kier molecular flexibility index (Phi) is 4.71. The van der Waals surface area contributed by atoms with Gasteiger partial charge in [0, 0.05) is 40.8 Å². The fraction of sp³-hybridized carbons (Fsp3) is 0.391. The predicted octanol–water partition coefficient (Wildman–Crippen LogP) is 5.92. The lowest BCUT2D eigenvalue weighted by Gasteiger charge is -2.20. The molecule has 0 saturated heterocycles. The molecular weight excluding hydrogens is 403 g/mol. The van der Waals surface area contributed by atoms with E-state index in [0.717, 1.165) is 39.1 Å². The molecule has 0 aliphatic carbocycles. The van der Waals surface area contributed by atoms with Gasteiger partial charge in [0.25, 0.3) is 0 Å². The highest BCUT2D eigenvalue weighted by atomic mass is 35.5. The lowest BCUT2D eigenvalue weighted by Crippen LogP contribution is -2.43. The lowest BCUT2D eigenvalue weighted by atomic mass is 9.89. The number of aromatic amines is 1. The normalized spacial score (nSPS) is 13.0. The molecule has 0 spiro atoms. The van der Waals surface area contributed by atoms with Crippen molar-refractivity contribution in [2.24, 2.45) is 7.05 Å². The molecule has 0 aliphatic heterocycles. The fourth-order valence-electron chi connectivity index (χ4n) is 4.11. The summed E-state index contributed by atoms with van der Waals surface area (Å²) in [5.41, 5.74) is 4.39. The van der Waals surface area contributed by atoms with Crippen LogP contribution in [0.25, 0.3) is 21.8 Å². The van der Waals surface area contributed by atoms with E-state index in [1.807, 2.05) is 12.4 Å². The molecule has 4 nitrogen and oxygen atoms in total. The van der Waals surface area contributed by atoms with Gasteiger partial charge in [-0.3, -0.25) is 4.98 Å². The van der Waals surface area contributed by atoms with E-state index in [4.69, 9.17) is 23.2 Å². The van der Waals surface area contributed by atoms with Gasteiger partial charge < -0.3 is 9.55 Å². The van der Waals surface area contributed by atoms with E-state index in [-0.39, 0.29) is 10.8 Å². The summed E-state index contributed by atoms with van der Waals surface area (Å²) in [7, 11) is 2.11. The molecule has 0 aliphatic rings. The van der Waals surface area contributed by atoms with Crippen LogP contribution in [0, 0.1) is 0 Å². The molecule has 4 heterocycles. The van der Waals surface area contributed by atoms with Crippen molar-refractivity contribution in [3.8, 4) is 0 Å². The van der Waals surface area contributed by atoms with Gasteiger partial charge in [0.1, 0.15) is 10.5 Å². The number of aryl methyl sites for hydroxylation is 1. The first-order valence-corrected chi connectivity index (χ1v) is 10.5. The van der Waals surface area contributed by atoms with Crippen molar-refractivity contribution in [2.45, 2.75) is 52.0 Å². The zero-order chi connectivity index (χ0) is 21.1. The van der Waals surface area contributed by atoms with E-state index < -0.39 is 0 Å². The van der Waals surface area contributed by atoms with Crippen molar-refractivity contribution >= 4 is 45.0 Å². The number of nitrogens with one attached hydrogen (secondary N) is 1. The summed E-state index contributed by atoms with van der Waals surface area (Å²) in [4.78, 5) is 7.67. The van der Waals surface area contributed by atoms with Gasteiger partial charge in [-0.2, -0.15) is 0 Å². The van der Waals surface area contributed by atoms with Gasteiger partial charge in [-0.25, -0.2) is 4.57 Å². The molecule has 0 amide bonds. The highest BCUT2D eigenvalue weighted by Crippen LogP contribution is 2.33. The molecule has 4 aromatic heterocycles. The zero-order valence-corrected chi connectivity index (χ0v) is 19.3. The second kappa shape index (κ2) is 6.75. The average Bonchev–Trinajstić information content (AvgIpc) is 3.18. The fourth-order valence-corrected chi connectivity index (χ4v) is 4.60. The zero-order valence-electron chi connectivity index (χ0n) is 17.8. The number of rotatable bonds is 3. The van der Waals surface area contributed by atoms with Crippen LogP contribution in [0.5, 0.6) is 0 Å². The maximum atomic E-state index is 6.69. The highest BCUT2D eigenvalue weighted by molar-refractivity contribution is 6.35. The van der Waals surface area contributed by atoms with Crippen LogP contribution in [0.3, 0.4) is 0 Å². The van der Waals surface area contributed by atoms with Crippen molar-refractivity contribution in [1.82, 2.24) is 14.5 Å². The Hall–Kier alpha value is -2.04. The van der Waals surface area contributed by atoms with Crippen LogP contribution in [0.15, 0.2) is 36.9 Å². The first kappa shape index (κ1) is 20.2. The molecule has 0 fully saturated rings. The Morgan fingerprint density at radius 3 is 2.38 bits per heavy atom. The number of halogens is 2. The third-order valence-electron chi connectivity index (χ3n) is 5.68. The average molecular weight is 430 g/mol. The summed E-state index contributed by atoms with van der Waals surface area (Å²) in [5.74, 6) is 0. The number of fused-ring (bicyclic) bond motifs is 2. The van der Waals surface area contributed by atoms with Gasteiger partial charge in [-0.1, -0.05) is 44.0 Å². The third kappa shape index (κ3) is 3.53. The van der Waals surface area contributed by atoms with E-state index in [2.05, 4.69) is 79.1 Å². The molecule has 0 unspecified atom stereocenters. The monoisotopic (exact) mass is 429 g/mol. The summed E-state index contributed by atoms with van der Waals surface area (Å²) in [5, 5.41) is 3.53. The summed E-state index contributed by atoms with van der Waals surface area (Å²) in [6.45, 7) is 11.9. The Morgan fingerprint density at radius 1 is 1.00 bits per heavy atom. The lowest BCUT2D eigenvalue weighted by molar-refractivity contribution is -0.703. The van der Waals surface area contributed by atoms with E-state index in [1.165, 1.54) is 5.69 Å². The second-order valence-corrected chi connectivity index (χ2v) is 10.4. The van der Waals surface area contributed by atoms with Crippen LogP contribution in [0.2, 0.25) is 10.0 Å². The first-order chi connectivity index (χ1) is 13.5. The van der Waals surface area contributed by atoms with Crippen LogP contribution in [-0.4, -0.2) is 14.5 Å². The van der Waals surface area contributed by atoms with Crippen LogP contribution >= 0.6 is 23.2 Å². The summed E-state index contributed by atoms with van der Waals surface area (Å²) >= 11 is 13.0. The smallest absolute Gasteiger partial charge is 0.193 e. The third-order valence-corrected chi connectivity index (χ3v) is 6.28. The van der Waals surface area contributed by atoms with Gasteiger partial charge in [-0.15, -0.1) is 0 Å². The second-order valence-electron chi connectivity index (χ2n) is 9.57. The number of hydrogen-bond donors (Lipinski definition) is 1. The Bertz CT molecular complexity index is 1230. The van der Waals surface area contributed by atoms with Crippen molar-refractivity contribution in [3.63, 3.8) is 0 Å². The Morgan fingerprint density at radius 2 is 1.72 bits per heavy atom. The topological polar surface area (TPSA) is 37.5 Å². The summed E-state index contributed by atoms with van der Waals surface area (Å²) < 4.78 is 4.43. The minimum atomic E-state index is -0.151. The minimum absolute atomic E-state index is 0.0544. The maximum Gasteiger partial charge on any atom is 0.193 e. The molecular formula is C23H27Cl2N4+. The van der Waals surface area contributed by atoms with Crippen molar-refractivity contribution in [2.75, 3.05) is 0 Å². The molecule has 152 valence electrons. The van der Waals surface area contributed by atoms with Crippen LogP contribution in [-0.2, 0) is 24.4 Å². The van der Waals surface area contributed by atoms with Gasteiger partial charge in [0.05, 0.1) is 22.2 Å². The molecule has 29 heavy (non-hydrogen) atoms. The minimum Gasteiger partial charge on any atom is -0.356 e. The van der Waals surface area contributed by atoms with Crippen LogP contribution < -0.4 is 4.57 Å². The predicted molar refractivity (Wildman–Crippen MR) is 121 cm³/mol. The molecule has 4 rings (SSSR count). The number of hydrogen-bond acceptors (Lipinski definition) is 1. The molecule has 0 radical (unpaired) electrons. The molecule has 0 atom stereocenters. The van der Waals surface area contributed by atoms with Crippen LogP contribution in [0.1, 0.15) is 46.0 Å². The Labute approximate surface area is 181 Å². The quantitative estimate of drug-likeness (QED) is 0.402. The highest BCUT2D eigenvalue weighted by Gasteiger charge is 2.30. The molecule has 0 saturated carbocycles. The van der Waals surface area contributed by atoms with Crippen LogP contribution in [0.4, 0.5) is 0 Å². The van der Waals surface area contributed by atoms with Crippen molar-refractivity contribution in [3.05, 3.63) is 58.4 Å². The Balaban J connectivity index is 1.76. The molecule has 4 aromatic rings. The molecule has 6 heteroatoms.